The van der Waals surface area contributed by atoms with Crippen LogP contribution in [0.3, 0.4) is 0 Å². The third kappa shape index (κ3) is 4.27. The van der Waals surface area contributed by atoms with Crippen molar-refractivity contribution in [2.75, 3.05) is 24.1 Å². The lowest BCUT2D eigenvalue weighted by molar-refractivity contribution is -0.121. The zero-order valence-corrected chi connectivity index (χ0v) is 14.0. The number of aromatic nitrogens is 2. The molecule has 1 aliphatic rings. The van der Waals surface area contributed by atoms with Crippen molar-refractivity contribution in [3.05, 3.63) is 35.0 Å². The summed E-state index contributed by atoms with van der Waals surface area (Å²) in [5, 5.41) is 3.53. The van der Waals surface area contributed by atoms with Gasteiger partial charge >= 0.3 is 0 Å². The summed E-state index contributed by atoms with van der Waals surface area (Å²) in [7, 11) is 0. The van der Waals surface area contributed by atoms with Crippen LogP contribution in [0.2, 0.25) is 0 Å². The van der Waals surface area contributed by atoms with Crippen LogP contribution in [0.25, 0.3) is 0 Å². The van der Waals surface area contributed by atoms with E-state index in [0.717, 1.165) is 43.0 Å². The number of nitrogen functional groups attached to an aromatic ring is 1. The Bertz CT molecular complexity index is 687. The van der Waals surface area contributed by atoms with E-state index in [1.54, 1.807) is 0 Å². The van der Waals surface area contributed by atoms with Crippen molar-refractivity contribution in [2.45, 2.75) is 26.3 Å². The van der Waals surface area contributed by atoms with Crippen molar-refractivity contribution in [1.29, 1.82) is 0 Å². The number of amides is 1. The molecule has 6 nitrogen and oxygen atoms in total. The van der Waals surface area contributed by atoms with Crippen molar-refractivity contribution >= 4 is 28.2 Å². The average molecular weight is 331 g/mol. The molecule has 3 N–H and O–H groups in total. The fraction of sp³-hybridized carbons (Fsp3) is 0.438. The van der Waals surface area contributed by atoms with Crippen LogP contribution in [0.1, 0.15) is 23.4 Å². The largest absolute Gasteiger partial charge is 0.375 e. The number of hydrogen-bond acceptors (Lipinski definition) is 6. The smallest absolute Gasteiger partial charge is 0.229 e. The molecule has 0 bridgehead atoms. The normalized spacial score (nSPS) is 18.7. The molecular formula is C16H21N5OS. The SMILES string of the molecule is Cc1cccc(NC(=O)C2CCCN(Cc3cnc(N)s3)C2)n1. The van der Waals surface area contributed by atoms with Crippen LogP contribution >= 0.6 is 11.3 Å². The lowest BCUT2D eigenvalue weighted by Crippen LogP contribution is -2.40. The van der Waals surface area contributed by atoms with Gasteiger partial charge in [0.1, 0.15) is 5.82 Å². The number of carbonyl (C=O) groups is 1. The molecule has 0 spiro atoms. The van der Waals surface area contributed by atoms with Gasteiger partial charge in [0.15, 0.2) is 5.13 Å². The summed E-state index contributed by atoms with van der Waals surface area (Å²) in [5.74, 6) is 0.676. The maximum atomic E-state index is 12.5. The molecule has 1 fully saturated rings. The van der Waals surface area contributed by atoms with Crippen LogP contribution in [0.4, 0.5) is 10.9 Å². The minimum atomic E-state index is -0.00340. The van der Waals surface area contributed by atoms with Crippen molar-refractivity contribution in [2.24, 2.45) is 5.92 Å². The number of pyridine rings is 1. The molecule has 3 rings (SSSR count). The number of rotatable bonds is 4. The van der Waals surface area contributed by atoms with Gasteiger partial charge in [0.25, 0.3) is 0 Å². The minimum absolute atomic E-state index is 0.00340. The Balaban J connectivity index is 1.58. The standard InChI is InChI=1S/C16H21N5OS/c1-11-4-2-6-14(19-11)20-15(22)12-5-3-7-21(9-12)10-13-8-18-16(17)23-13/h2,4,6,8,12H,3,5,7,9-10H2,1H3,(H2,17,18)(H,19,20,22). The second-order valence-electron chi connectivity index (χ2n) is 5.89. The van der Waals surface area contributed by atoms with Gasteiger partial charge in [0, 0.05) is 29.9 Å². The number of nitrogens with two attached hydrogens (primary N) is 1. The number of carbonyl (C=O) groups excluding carboxylic acids is 1. The third-order valence-corrected chi connectivity index (χ3v) is 4.78. The second kappa shape index (κ2) is 7.06. The van der Waals surface area contributed by atoms with Crippen LogP contribution in [-0.4, -0.2) is 33.9 Å². The van der Waals surface area contributed by atoms with E-state index in [1.165, 1.54) is 11.3 Å². The molecular weight excluding hydrogens is 310 g/mol. The molecule has 0 aromatic carbocycles. The summed E-state index contributed by atoms with van der Waals surface area (Å²) in [5.41, 5.74) is 6.57. The quantitative estimate of drug-likeness (QED) is 0.898. The average Bonchev–Trinajstić information content (AvgIpc) is 2.92. The predicted molar refractivity (Wildman–Crippen MR) is 92.1 cm³/mol. The van der Waals surface area contributed by atoms with Gasteiger partial charge in [-0.25, -0.2) is 9.97 Å². The Hall–Kier alpha value is -1.99. The number of piperidine rings is 1. The fourth-order valence-electron chi connectivity index (χ4n) is 2.87. The van der Waals surface area contributed by atoms with E-state index >= 15 is 0 Å². The highest BCUT2D eigenvalue weighted by Gasteiger charge is 2.26. The van der Waals surface area contributed by atoms with E-state index < -0.39 is 0 Å². The number of aryl methyl sites for hydroxylation is 1. The molecule has 1 unspecified atom stereocenters. The Kier molecular flexibility index (Phi) is 4.88. The van der Waals surface area contributed by atoms with E-state index in [0.29, 0.717) is 10.9 Å². The Labute approximate surface area is 139 Å². The Morgan fingerprint density at radius 2 is 2.39 bits per heavy atom. The Morgan fingerprint density at radius 1 is 1.52 bits per heavy atom. The van der Waals surface area contributed by atoms with E-state index in [2.05, 4.69) is 20.2 Å². The molecule has 122 valence electrons. The Morgan fingerprint density at radius 3 is 3.13 bits per heavy atom. The van der Waals surface area contributed by atoms with Gasteiger partial charge < -0.3 is 11.1 Å². The molecule has 7 heteroatoms. The first-order valence-electron chi connectivity index (χ1n) is 7.77. The second-order valence-corrected chi connectivity index (χ2v) is 7.04. The highest BCUT2D eigenvalue weighted by molar-refractivity contribution is 7.15. The molecule has 0 saturated carbocycles. The summed E-state index contributed by atoms with van der Waals surface area (Å²) in [6.07, 6.45) is 3.76. The molecule has 1 saturated heterocycles. The molecule has 1 atom stereocenters. The van der Waals surface area contributed by atoms with Gasteiger partial charge in [-0.15, -0.1) is 11.3 Å². The summed E-state index contributed by atoms with van der Waals surface area (Å²) in [6, 6.07) is 5.64. The monoisotopic (exact) mass is 331 g/mol. The van der Waals surface area contributed by atoms with Gasteiger partial charge in [0.05, 0.1) is 5.92 Å². The summed E-state index contributed by atoms with van der Waals surface area (Å²) >= 11 is 1.51. The number of nitrogens with one attached hydrogen (secondary N) is 1. The van der Waals surface area contributed by atoms with Crippen LogP contribution in [0.5, 0.6) is 0 Å². The molecule has 2 aromatic heterocycles. The van der Waals surface area contributed by atoms with Crippen LogP contribution in [0, 0.1) is 12.8 Å². The number of hydrogen-bond donors (Lipinski definition) is 2. The minimum Gasteiger partial charge on any atom is -0.375 e. The number of anilines is 2. The highest BCUT2D eigenvalue weighted by atomic mass is 32.1. The van der Waals surface area contributed by atoms with Crippen LogP contribution < -0.4 is 11.1 Å². The fourth-order valence-corrected chi connectivity index (χ4v) is 3.60. The molecule has 3 heterocycles. The maximum Gasteiger partial charge on any atom is 0.229 e. The van der Waals surface area contributed by atoms with Crippen molar-refractivity contribution < 1.29 is 4.79 Å². The molecule has 23 heavy (non-hydrogen) atoms. The van der Waals surface area contributed by atoms with E-state index in [1.807, 2.05) is 31.3 Å². The lowest BCUT2D eigenvalue weighted by atomic mass is 9.97. The van der Waals surface area contributed by atoms with E-state index in [4.69, 9.17) is 5.73 Å². The topological polar surface area (TPSA) is 84.1 Å². The highest BCUT2D eigenvalue weighted by Crippen LogP contribution is 2.22. The van der Waals surface area contributed by atoms with Gasteiger partial charge in [-0.1, -0.05) is 6.07 Å². The van der Waals surface area contributed by atoms with Crippen molar-refractivity contribution in [3.8, 4) is 0 Å². The number of thiazole rings is 1. The van der Waals surface area contributed by atoms with E-state index in [9.17, 15) is 4.79 Å². The molecule has 1 aliphatic heterocycles. The third-order valence-electron chi connectivity index (χ3n) is 3.97. The molecule has 1 amide bonds. The van der Waals surface area contributed by atoms with Gasteiger partial charge in [-0.3, -0.25) is 9.69 Å². The first-order chi connectivity index (χ1) is 11.1. The van der Waals surface area contributed by atoms with E-state index in [-0.39, 0.29) is 11.8 Å². The molecule has 0 aliphatic carbocycles. The van der Waals surface area contributed by atoms with Crippen molar-refractivity contribution in [1.82, 2.24) is 14.9 Å². The van der Waals surface area contributed by atoms with Gasteiger partial charge in [0.2, 0.25) is 5.91 Å². The first kappa shape index (κ1) is 15.9. The molecule has 2 aromatic rings. The van der Waals surface area contributed by atoms with Gasteiger partial charge in [-0.2, -0.15) is 0 Å². The van der Waals surface area contributed by atoms with Gasteiger partial charge in [-0.05, 0) is 38.4 Å². The lowest BCUT2D eigenvalue weighted by Gasteiger charge is -2.31. The van der Waals surface area contributed by atoms with Crippen molar-refractivity contribution in [3.63, 3.8) is 0 Å². The van der Waals surface area contributed by atoms with Crippen LogP contribution in [-0.2, 0) is 11.3 Å². The number of likely N-dealkylation sites (tertiary alicyclic amines) is 1. The number of nitrogens with zero attached hydrogens (tertiary/aromatic N) is 3. The zero-order chi connectivity index (χ0) is 16.2. The maximum absolute atomic E-state index is 12.5. The summed E-state index contributed by atoms with van der Waals surface area (Å²) in [6.45, 7) is 4.49. The summed E-state index contributed by atoms with van der Waals surface area (Å²) < 4.78 is 0. The first-order valence-corrected chi connectivity index (χ1v) is 8.59. The van der Waals surface area contributed by atoms with Crippen LogP contribution in [0.15, 0.2) is 24.4 Å². The predicted octanol–water partition coefficient (Wildman–Crippen LogP) is 2.28. The summed E-state index contributed by atoms with van der Waals surface area (Å²) in [4.78, 5) is 24.3. The molecule has 0 radical (unpaired) electrons. The zero-order valence-electron chi connectivity index (χ0n) is 13.2.